The fraction of sp³-hybridized carbons (Fsp3) is 0.100. The molecule has 0 spiro atoms. The first-order valence-electron chi connectivity index (χ1n) is 8.18. The Labute approximate surface area is 173 Å². The Kier molecular flexibility index (Phi) is 5.12. The van der Waals surface area contributed by atoms with Gasteiger partial charge in [0.15, 0.2) is 0 Å². The molecule has 1 amide bonds. The first kappa shape index (κ1) is 18.3. The summed E-state index contributed by atoms with van der Waals surface area (Å²) in [6.45, 7) is 0.0539. The number of para-hydroxylation sites is 2. The normalized spacial score (nSPS) is 14.0. The van der Waals surface area contributed by atoms with Crippen LogP contribution in [-0.2, 0) is 11.3 Å². The van der Waals surface area contributed by atoms with E-state index >= 15 is 0 Å². The van der Waals surface area contributed by atoms with E-state index in [0.717, 1.165) is 8.66 Å². The van der Waals surface area contributed by atoms with Crippen molar-refractivity contribution in [3.05, 3.63) is 79.7 Å². The van der Waals surface area contributed by atoms with E-state index in [2.05, 4.69) is 15.9 Å². The molecule has 1 aliphatic heterocycles. The molecule has 3 nitrogen and oxygen atoms in total. The molecule has 0 N–H and O–H groups in total. The number of hydrogen-bond donors (Lipinski definition) is 0. The Hall–Kier alpha value is -2.02. The number of hydrogen-bond acceptors (Lipinski definition) is 3. The summed E-state index contributed by atoms with van der Waals surface area (Å²) >= 11 is 11.2. The van der Waals surface area contributed by atoms with Gasteiger partial charge in [-0.3, -0.25) is 4.79 Å². The van der Waals surface area contributed by atoms with Gasteiger partial charge in [0.05, 0.1) is 38.7 Å². The number of nitrogens with zero attached hydrogens (tertiary/aromatic N) is 2. The van der Waals surface area contributed by atoms with Crippen LogP contribution in [0.1, 0.15) is 16.9 Å². The summed E-state index contributed by atoms with van der Waals surface area (Å²) in [4.78, 5) is 20.3. The minimum Gasteiger partial charge on any atom is -0.305 e. The summed E-state index contributed by atoms with van der Waals surface area (Å²) in [5, 5.41) is 0.299. The first-order valence-corrected chi connectivity index (χ1v) is 10.2. The quantitative estimate of drug-likeness (QED) is 0.445. The zero-order valence-corrected chi connectivity index (χ0v) is 17.1. The number of benzene rings is 2. The number of rotatable bonds is 3. The third-order valence-electron chi connectivity index (χ3n) is 4.28. The zero-order valence-electron chi connectivity index (χ0n) is 14.0. The van der Waals surface area contributed by atoms with Gasteiger partial charge in [0.1, 0.15) is 5.82 Å². The molecule has 4 rings (SSSR count). The van der Waals surface area contributed by atoms with Crippen molar-refractivity contribution in [1.29, 1.82) is 0 Å². The van der Waals surface area contributed by atoms with Crippen LogP contribution in [0.5, 0.6) is 0 Å². The molecule has 7 heteroatoms. The van der Waals surface area contributed by atoms with Crippen LogP contribution in [0.25, 0.3) is 0 Å². The molecule has 0 saturated heterocycles. The van der Waals surface area contributed by atoms with Crippen molar-refractivity contribution in [3.63, 3.8) is 0 Å². The number of halogens is 3. The van der Waals surface area contributed by atoms with E-state index in [9.17, 15) is 9.18 Å². The molecule has 1 aromatic heterocycles. The van der Waals surface area contributed by atoms with Gasteiger partial charge in [-0.25, -0.2) is 9.38 Å². The summed E-state index contributed by atoms with van der Waals surface area (Å²) < 4.78 is 15.3. The molecule has 2 heterocycles. The van der Waals surface area contributed by atoms with Crippen LogP contribution in [0.15, 0.2) is 63.4 Å². The second-order valence-corrected chi connectivity index (χ2v) is 8.88. The van der Waals surface area contributed by atoms with Gasteiger partial charge in [0, 0.05) is 10.6 Å². The lowest BCUT2D eigenvalue weighted by Gasteiger charge is -2.23. The van der Waals surface area contributed by atoms with E-state index < -0.39 is 5.82 Å². The summed E-state index contributed by atoms with van der Waals surface area (Å²) in [6, 6.07) is 15.8. The van der Waals surface area contributed by atoms with E-state index in [1.54, 1.807) is 17.0 Å². The molecule has 0 atom stereocenters. The summed E-state index contributed by atoms with van der Waals surface area (Å²) in [7, 11) is 0. The predicted molar refractivity (Wildman–Crippen MR) is 112 cm³/mol. The SMILES string of the molecule is O=C1CC(c2ccc(Br)s2)=Nc2ccccc2N1Cc1c(F)cccc1Cl. The largest absolute Gasteiger partial charge is 0.305 e. The zero-order chi connectivity index (χ0) is 19.0. The molecule has 3 aromatic rings. The van der Waals surface area contributed by atoms with Crippen LogP contribution >= 0.6 is 38.9 Å². The van der Waals surface area contributed by atoms with Gasteiger partial charge >= 0.3 is 0 Å². The summed E-state index contributed by atoms with van der Waals surface area (Å²) in [5.41, 5.74) is 2.32. The molecule has 0 fully saturated rings. The third kappa shape index (κ3) is 3.70. The lowest BCUT2D eigenvalue weighted by molar-refractivity contribution is -0.117. The number of aliphatic imine (C=N–C) groups is 1. The minimum atomic E-state index is -0.430. The van der Waals surface area contributed by atoms with Gasteiger partial charge in [0.25, 0.3) is 0 Å². The molecule has 2 aromatic carbocycles. The lowest BCUT2D eigenvalue weighted by Crippen LogP contribution is -2.31. The number of carbonyl (C=O) groups excluding carboxylic acids is 1. The Bertz CT molecular complexity index is 1050. The average molecular weight is 464 g/mol. The van der Waals surface area contributed by atoms with Crippen molar-refractivity contribution >= 4 is 61.9 Å². The van der Waals surface area contributed by atoms with Crippen molar-refractivity contribution in [3.8, 4) is 0 Å². The summed E-state index contributed by atoms with van der Waals surface area (Å²) in [5.74, 6) is -0.581. The smallest absolute Gasteiger partial charge is 0.233 e. The maximum atomic E-state index is 14.3. The Balaban J connectivity index is 1.77. The van der Waals surface area contributed by atoms with Gasteiger partial charge in [-0.2, -0.15) is 0 Å². The van der Waals surface area contributed by atoms with Gasteiger partial charge in [-0.15, -0.1) is 11.3 Å². The third-order valence-corrected chi connectivity index (χ3v) is 6.31. The molecular formula is C20H13BrClFN2OS. The maximum absolute atomic E-state index is 14.3. The van der Waals surface area contributed by atoms with E-state index in [1.165, 1.54) is 17.4 Å². The molecule has 1 aliphatic rings. The fourth-order valence-electron chi connectivity index (χ4n) is 2.97. The summed E-state index contributed by atoms with van der Waals surface area (Å²) in [6.07, 6.45) is 0.133. The Morgan fingerprint density at radius 3 is 2.70 bits per heavy atom. The van der Waals surface area contributed by atoms with Crippen LogP contribution in [0, 0.1) is 5.82 Å². The van der Waals surface area contributed by atoms with Crippen molar-refractivity contribution in [2.75, 3.05) is 4.90 Å². The molecule has 0 bridgehead atoms. The molecule has 0 aliphatic carbocycles. The van der Waals surface area contributed by atoms with Crippen molar-refractivity contribution in [2.45, 2.75) is 13.0 Å². The van der Waals surface area contributed by atoms with Gasteiger partial charge in [-0.1, -0.05) is 29.8 Å². The Morgan fingerprint density at radius 1 is 1.15 bits per heavy atom. The number of amides is 1. The van der Waals surface area contributed by atoms with E-state index in [1.807, 2.05) is 36.4 Å². The van der Waals surface area contributed by atoms with Crippen molar-refractivity contribution in [1.82, 2.24) is 0 Å². The molecule has 136 valence electrons. The van der Waals surface area contributed by atoms with E-state index in [0.29, 0.717) is 27.7 Å². The van der Waals surface area contributed by atoms with E-state index in [4.69, 9.17) is 16.6 Å². The van der Waals surface area contributed by atoms with Crippen LogP contribution < -0.4 is 4.90 Å². The number of fused-ring (bicyclic) bond motifs is 1. The van der Waals surface area contributed by atoms with Crippen LogP contribution in [0.2, 0.25) is 5.02 Å². The second kappa shape index (κ2) is 7.54. The van der Waals surface area contributed by atoms with E-state index in [-0.39, 0.29) is 18.9 Å². The van der Waals surface area contributed by atoms with Gasteiger partial charge in [-0.05, 0) is 52.3 Å². The fourth-order valence-corrected chi connectivity index (χ4v) is 4.57. The van der Waals surface area contributed by atoms with Gasteiger partial charge in [0.2, 0.25) is 5.91 Å². The molecule has 0 saturated carbocycles. The minimum absolute atomic E-state index is 0.0539. The number of carbonyl (C=O) groups is 1. The molecular weight excluding hydrogens is 451 g/mol. The maximum Gasteiger partial charge on any atom is 0.233 e. The number of anilines is 1. The topological polar surface area (TPSA) is 32.7 Å². The monoisotopic (exact) mass is 462 g/mol. The van der Waals surface area contributed by atoms with Gasteiger partial charge < -0.3 is 4.90 Å². The predicted octanol–water partition coefficient (Wildman–Crippen LogP) is 6.36. The standard InChI is InChI=1S/C20H13BrClFN2OS/c21-19-9-8-18(27-19)16-10-20(26)25(17-7-2-1-6-15(17)24-16)11-12-13(22)4-3-5-14(12)23/h1-9H,10-11H2. The molecule has 0 radical (unpaired) electrons. The highest BCUT2D eigenvalue weighted by Gasteiger charge is 2.27. The highest BCUT2D eigenvalue weighted by molar-refractivity contribution is 9.11. The first-order chi connectivity index (χ1) is 13.0. The average Bonchev–Trinajstić information content (AvgIpc) is 3.02. The van der Waals surface area contributed by atoms with Crippen molar-refractivity contribution in [2.24, 2.45) is 4.99 Å². The molecule has 27 heavy (non-hydrogen) atoms. The molecule has 0 unspecified atom stereocenters. The highest BCUT2D eigenvalue weighted by Crippen LogP contribution is 2.36. The van der Waals surface area contributed by atoms with Crippen molar-refractivity contribution < 1.29 is 9.18 Å². The van der Waals surface area contributed by atoms with Crippen LogP contribution in [0.3, 0.4) is 0 Å². The lowest BCUT2D eigenvalue weighted by atomic mass is 10.1. The van der Waals surface area contributed by atoms with Crippen LogP contribution in [-0.4, -0.2) is 11.6 Å². The number of thiophene rings is 1. The highest BCUT2D eigenvalue weighted by atomic mass is 79.9. The van der Waals surface area contributed by atoms with Crippen LogP contribution in [0.4, 0.5) is 15.8 Å². The Morgan fingerprint density at radius 2 is 1.96 bits per heavy atom. The second-order valence-electron chi connectivity index (χ2n) is 6.01.